The van der Waals surface area contributed by atoms with Crippen LogP contribution in [0.1, 0.15) is 25.8 Å². The molecule has 0 heterocycles. The average Bonchev–Trinajstić information content (AvgIpc) is 3.27. The first-order valence-electron chi connectivity index (χ1n) is 7.43. The number of hydrogen-bond donors (Lipinski definition) is 0. The number of halogens is 5. The summed E-state index contributed by atoms with van der Waals surface area (Å²) in [5.41, 5.74) is -1.24. The fourth-order valence-corrected chi connectivity index (χ4v) is 2.97. The van der Waals surface area contributed by atoms with Crippen LogP contribution in [0.2, 0.25) is 0 Å². The molecule has 2 saturated carbocycles. The molecule has 2 unspecified atom stereocenters. The first kappa shape index (κ1) is 16.9. The van der Waals surface area contributed by atoms with Crippen molar-refractivity contribution in [1.82, 2.24) is 0 Å². The topological polar surface area (TPSA) is 26.3 Å². The predicted molar refractivity (Wildman–Crippen MR) is 74.5 cm³/mol. The van der Waals surface area contributed by atoms with E-state index in [0.29, 0.717) is 6.07 Å². The molecular weight excluding hydrogens is 331 g/mol. The lowest BCUT2D eigenvalue weighted by molar-refractivity contribution is -0.147. The Bertz CT molecular complexity index is 739. The predicted octanol–water partition coefficient (Wildman–Crippen LogP) is 4.38. The van der Waals surface area contributed by atoms with Crippen LogP contribution in [0.4, 0.5) is 22.0 Å². The maximum absolute atomic E-state index is 13.5. The number of alkyl halides is 2. The number of ether oxygens (including phenoxy) is 1. The molecule has 0 aliphatic heterocycles. The number of carbonyl (C=O) groups is 1. The van der Waals surface area contributed by atoms with Crippen LogP contribution in [0, 0.1) is 34.7 Å². The molecule has 0 amide bonds. The van der Waals surface area contributed by atoms with Crippen molar-refractivity contribution in [3.8, 4) is 0 Å². The molecule has 3 rings (SSSR count). The van der Waals surface area contributed by atoms with Gasteiger partial charge in [-0.1, -0.05) is 19.9 Å². The number of hydrogen-bond acceptors (Lipinski definition) is 2. The minimum Gasteiger partial charge on any atom is -0.460 e. The van der Waals surface area contributed by atoms with Gasteiger partial charge in [-0.15, -0.1) is 0 Å². The molecule has 2 atom stereocenters. The van der Waals surface area contributed by atoms with Gasteiger partial charge in [0, 0.05) is 12.0 Å². The van der Waals surface area contributed by atoms with Crippen LogP contribution in [-0.2, 0) is 16.1 Å². The summed E-state index contributed by atoms with van der Waals surface area (Å²) in [4.78, 5) is 12.1. The van der Waals surface area contributed by atoms with Crippen LogP contribution in [0.5, 0.6) is 0 Å². The Morgan fingerprint density at radius 2 is 1.83 bits per heavy atom. The van der Waals surface area contributed by atoms with Gasteiger partial charge in [0.25, 0.3) is 5.92 Å². The van der Waals surface area contributed by atoms with Gasteiger partial charge < -0.3 is 4.74 Å². The smallest absolute Gasteiger partial charge is 0.310 e. The van der Waals surface area contributed by atoms with Gasteiger partial charge in [0.1, 0.15) is 12.4 Å². The van der Waals surface area contributed by atoms with Crippen LogP contribution in [0.15, 0.2) is 23.8 Å². The number of rotatable bonds is 4. The van der Waals surface area contributed by atoms with Gasteiger partial charge in [0.05, 0.1) is 11.5 Å². The quantitative estimate of drug-likeness (QED) is 0.350. The summed E-state index contributed by atoms with van der Waals surface area (Å²) in [5.74, 6) is -8.28. The molecule has 0 saturated heterocycles. The summed E-state index contributed by atoms with van der Waals surface area (Å²) in [6.07, 6.45) is 1.08. The van der Waals surface area contributed by atoms with Crippen molar-refractivity contribution in [2.45, 2.75) is 32.8 Å². The van der Waals surface area contributed by atoms with Gasteiger partial charge in [-0.25, -0.2) is 22.0 Å². The molecular formula is C17H15F5O2. The largest absolute Gasteiger partial charge is 0.460 e. The third kappa shape index (κ3) is 2.80. The second kappa shape index (κ2) is 5.29. The molecule has 0 bridgehead atoms. The molecule has 7 heteroatoms. The van der Waals surface area contributed by atoms with Gasteiger partial charge in [0.2, 0.25) is 0 Å². The summed E-state index contributed by atoms with van der Waals surface area (Å²) in [6.45, 7) is 2.70. The fraction of sp³-hybridized carbons (Fsp3) is 0.471. The van der Waals surface area contributed by atoms with E-state index in [0.717, 1.165) is 6.07 Å². The zero-order valence-electron chi connectivity index (χ0n) is 13.0. The monoisotopic (exact) mass is 346 g/mol. The molecule has 0 spiro atoms. The minimum atomic E-state index is -2.79. The van der Waals surface area contributed by atoms with E-state index in [1.54, 1.807) is 13.8 Å². The number of carbonyl (C=O) groups excluding carboxylic acids is 1. The molecule has 2 aliphatic rings. The molecule has 0 aromatic heterocycles. The van der Waals surface area contributed by atoms with Crippen LogP contribution >= 0.6 is 0 Å². The second-order valence-corrected chi connectivity index (χ2v) is 6.83. The normalized spacial score (nSPS) is 27.9. The van der Waals surface area contributed by atoms with E-state index < -0.39 is 58.8 Å². The lowest BCUT2D eigenvalue weighted by Crippen LogP contribution is -2.12. The van der Waals surface area contributed by atoms with Crippen molar-refractivity contribution in [3.05, 3.63) is 46.8 Å². The van der Waals surface area contributed by atoms with E-state index in [1.807, 2.05) is 0 Å². The third-order valence-corrected chi connectivity index (χ3v) is 4.80. The van der Waals surface area contributed by atoms with Gasteiger partial charge >= 0.3 is 5.97 Å². The van der Waals surface area contributed by atoms with Gasteiger partial charge in [-0.3, -0.25) is 4.79 Å². The Morgan fingerprint density at radius 3 is 2.42 bits per heavy atom. The van der Waals surface area contributed by atoms with Crippen molar-refractivity contribution in [1.29, 1.82) is 0 Å². The van der Waals surface area contributed by atoms with Crippen LogP contribution in [0.3, 0.4) is 0 Å². The van der Waals surface area contributed by atoms with E-state index in [2.05, 4.69) is 0 Å². The Kier molecular flexibility index (Phi) is 3.73. The highest BCUT2D eigenvalue weighted by Gasteiger charge is 2.63. The molecule has 2 nitrogen and oxygen atoms in total. The van der Waals surface area contributed by atoms with E-state index in [1.165, 1.54) is 6.08 Å². The summed E-state index contributed by atoms with van der Waals surface area (Å²) in [5, 5.41) is 0. The van der Waals surface area contributed by atoms with E-state index in [-0.39, 0.29) is 12.0 Å². The minimum absolute atomic E-state index is 0.00176. The molecule has 0 N–H and O–H groups in total. The zero-order valence-corrected chi connectivity index (χ0v) is 13.0. The maximum Gasteiger partial charge on any atom is 0.310 e. The first-order chi connectivity index (χ1) is 11.1. The average molecular weight is 346 g/mol. The van der Waals surface area contributed by atoms with E-state index >= 15 is 0 Å². The summed E-state index contributed by atoms with van der Waals surface area (Å²) < 4.78 is 70.9. The van der Waals surface area contributed by atoms with Crippen molar-refractivity contribution in [2.75, 3.05) is 0 Å². The highest BCUT2D eigenvalue weighted by Crippen LogP contribution is 2.62. The summed E-state index contributed by atoms with van der Waals surface area (Å²) in [7, 11) is 0. The lowest BCUT2D eigenvalue weighted by Gasteiger charge is -2.08. The Hall–Kier alpha value is -1.92. The van der Waals surface area contributed by atoms with Crippen molar-refractivity contribution in [2.24, 2.45) is 17.3 Å². The molecule has 2 fully saturated rings. The Balaban J connectivity index is 1.66. The fourth-order valence-electron chi connectivity index (χ4n) is 2.97. The van der Waals surface area contributed by atoms with Crippen LogP contribution in [-0.4, -0.2) is 11.9 Å². The van der Waals surface area contributed by atoms with Crippen LogP contribution < -0.4 is 0 Å². The molecule has 1 aromatic carbocycles. The van der Waals surface area contributed by atoms with Crippen molar-refractivity contribution < 1.29 is 31.5 Å². The van der Waals surface area contributed by atoms with Crippen LogP contribution in [0.25, 0.3) is 0 Å². The third-order valence-electron chi connectivity index (χ3n) is 4.80. The van der Waals surface area contributed by atoms with Crippen molar-refractivity contribution in [3.63, 3.8) is 0 Å². The zero-order chi connectivity index (χ0) is 17.9. The maximum atomic E-state index is 13.5. The molecule has 130 valence electrons. The molecule has 1 aromatic rings. The highest BCUT2D eigenvalue weighted by atomic mass is 19.3. The molecule has 24 heavy (non-hydrogen) atoms. The Morgan fingerprint density at radius 1 is 1.25 bits per heavy atom. The molecule has 0 radical (unpaired) electrons. The first-order valence-corrected chi connectivity index (χ1v) is 7.43. The van der Waals surface area contributed by atoms with Gasteiger partial charge in [-0.05, 0) is 23.5 Å². The van der Waals surface area contributed by atoms with E-state index in [9.17, 15) is 26.7 Å². The highest BCUT2D eigenvalue weighted by molar-refractivity contribution is 5.78. The number of esters is 1. The summed E-state index contributed by atoms with van der Waals surface area (Å²) >= 11 is 0. The Labute approximate surface area is 135 Å². The standard InChI is InChI=1S/C17H15F5O2/c1-16(2)10(5-8-6-17(8,21)22)13(16)15(23)24-7-9-11(18)3-4-12(19)14(9)20/h3-5,10,13H,6-7H2,1-2H3. The summed E-state index contributed by atoms with van der Waals surface area (Å²) in [6, 6.07) is 1.38. The number of allylic oxidation sites excluding steroid dienone is 2. The van der Waals surface area contributed by atoms with Crippen molar-refractivity contribution >= 4 is 5.97 Å². The molecule has 2 aliphatic carbocycles. The SMILES string of the molecule is CC1(C)C(C=C2CC2(F)F)C1C(=O)OCc1c(F)ccc(F)c1F. The van der Waals surface area contributed by atoms with Gasteiger partial charge in [-0.2, -0.15) is 0 Å². The second-order valence-electron chi connectivity index (χ2n) is 6.83. The number of benzene rings is 1. The van der Waals surface area contributed by atoms with Gasteiger partial charge in [0.15, 0.2) is 11.6 Å². The lowest BCUT2D eigenvalue weighted by atomic mass is 10.1. The van der Waals surface area contributed by atoms with E-state index in [4.69, 9.17) is 4.74 Å².